The molecule has 0 radical (unpaired) electrons. The number of rotatable bonds is 7. The van der Waals surface area contributed by atoms with Gasteiger partial charge in [0.2, 0.25) is 0 Å². The number of hydrogen-bond acceptors (Lipinski definition) is 4. The van der Waals surface area contributed by atoms with Gasteiger partial charge in [-0.05, 0) is 49.7 Å². The van der Waals surface area contributed by atoms with Crippen molar-refractivity contribution in [2.45, 2.75) is 25.4 Å². The highest BCUT2D eigenvalue weighted by atomic mass is 19.1. The Kier molecular flexibility index (Phi) is 6.77. The number of nitrogens with one attached hydrogen (secondary N) is 1. The maximum atomic E-state index is 14.7. The Morgan fingerprint density at radius 2 is 2.03 bits per heavy atom. The predicted molar refractivity (Wildman–Crippen MR) is 120 cm³/mol. The molecule has 2 atom stereocenters. The van der Waals surface area contributed by atoms with Crippen LogP contribution >= 0.6 is 0 Å². The normalized spacial score (nSPS) is 18.0. The lowest BCUT2D eigenvalue weighted by Gasteiger charge is -2.22. The van der Waals surface area contributed by atoms with E-state index >= 15 is 0 Å². The lowest BCUT2D eigenvalue weighted by atomic mass is 10.0. The molecule has 168 valence electrons. The minimum atomic E-state index is -0.459. The van der Waals surface area contributed by atoms with Crippen molar-refractivity contribution < 1.29 is 17.9 Å². The third kappa shape index (κ3) is 4.95. The number of nitrogens with zero attached hydrogens (tertiary/aromatic N) is 2. The van der Waals surface area contributed by atoms with Crippen molar-refractivity contribution in [2.24, 2.45) is 0 Å². The van der Waals surface area contributed by atoms with Gasteiger partial charge < -0.3 is 10.1 Å². The number of methoxy groups -OCH3 is 1. The van der Waals surface area contributed by atoms with Gasteiger partial charge in [0.25, 0.3) is 0 Å². The Balaban J connectivity index is 1.40. The third-order valence-electron chi connectivity index (χ3n) is 5.88. The number of benzene rings is 2. The number of ether oxygens (including phenoxy) is 1. The average molecular weight is 441 g/mol. The van der Waals surface area contributed by atoms with Crippen molar-refractivity contribution in [1.29, 1.82) is 0 Å². The van der Waals surface area contributed by atoms with E-state index in [2.05, 4.69) is 15.2 Å². The fourth-order valence-corrected chi connectivity index (χ4v) is 4.28. The zero-order valence-corrected chi connectivity index (χ0v) is 18.1. The molecule has 0 amide bonds. The summed E-state index contributed by atoms with van der Waals surface area (Å²) < 4.78 is 47.1. The van der Waals surface area contributed by atoms with Gasteiger partial charge in [-0.2, -0.15) is 0 Å². The highest BCUT2D eigenvalue weighted by molar-refractivity contribution is 5.84. The molecule has 4 rings (SSSR count). The Bertz CT molecular complexity index is 1130. The van der Waals surface area contributed by atoms with E-state index in [1.54, 1.807) is 13.2 Å². The summed E-state index contributed by atoms with van der Waals surface area (Å²) in [5, 5.41) is 4.27. The first kappa shape index (κ1) is 22.3. The number of aromatic nitrogens is 1. The molecule has 1 aliphatic heterocycles. The van der Waals surface area contributed by atoms with E-state index in [1.165, 1.54) is 12.3 Å². The fourth-order valence-electron chi connectivity index (χ4n) is 4.28. The SMILES string of the molecule is COc1ccc2ncc(F)c(C(C)NC3CCN(C/C=C/c4cc(F)ccc4F)C3)c2c1. The molecule has 1 aromatic heterocycles. The van der Waals surface area contributed by atoms with Gasteiger partial charge >= 0.3 is 0 Å². The topological polar surface area (TPSA) is 37.4 Å². The molecule has 0 bridgehead atoms. The minimum absolute atomic E-state index is 0.192. The summed E-state index contributed by atoms with van der Waals surface area (Å²) in [5.41, 5.74) is 1.54. The standard InChI is InChI=1S/C25H26F3N3O/c1-16(25-21-13-20(32-2)6-8-24(21)29-14-23(25)28)30-19-9-11-31(15-19)10-3-4-17-12-18(26)5-7-22(17)27/h3-8,12-14,16,19,30H,9-11,15H2,1-2H3/b4-3+. The summed E-state index contributed by atoms with van der Waals surface area (Å²) >= 11 is 0. The van der Waals surface area contributed by atoms with Crippen LogP contribution in [-0.2, 0) is 0 Å². The summed E-state index contributed by atoms with van der Waals surface area (Å²) in [7, 11) is 1.58. The van der Waals surface area contributed by atoms with Gasteiger partial charge in [-0.15, -0.1) is 0 Å². The molecule has 1 N–H and O–H groups in total. The number of halogens is 3. The Morgan fingerprint density at radius 1 is 1.19 bits per heavy atom. The van der Waals surface area contributed by atoms with E-state index in [1.807, 2.05) is 31.2 Å². The largest absolute Gasteiger partial charge is 0.497 e. The van der Waals surface area contributed by atoms with E-state index in [0.29, 0.717) is 17.9 Å². The molecule has 1 saturated heterocycles. The second-order valence-electron chi connectivity index (χ2n) is 8.10. The van der Waals surface area contributed by atoms with E-state index in [9.17, 15) is 13.2 Å². The Hall–Kier alpha value is -2.90. The summed E-state index contributed by atoms with van der Waals surface area (Å²) in [6, 6.07) is 8.86. The summed E-state index contributed by atoms with van der Waals surface area (Å²) in [4.78, 5) is 6.41. The molecule has 4 nitrogen and oxygen atoms in total. The first-order valence-electron chi connectivity index (χ1n) is 10.7. The molecule has 0 saturated carbocycles. The molecule has 0 spiro atoms. The maximum absolute atomic E-state index is 14.7. The van der Waals surface area contributed by atoms with E-state index in [0.717, 1.165) is 42.5 Å². The highest BCUT2D eigenvalue weighted by Crippen LogP contribution is 2.29. The second-order valence-corrected chi connectivity index (χ2v) is 8.10. The zero-order valence-electron chi connectivity index (χ0n) is 18.1. The van der Waals surface area contributed by atoms with Crippen molar-refractivity contribution in [3.63, 3.8) is 0 Å². The van der Waals surface area contributed by atoms with Crippen LogP contribution in [0.3, 0.4) is 0 Å². The fraction of sp³-hybridized carbons (Fsp3) is 0.320. The Morgan fingerprint density at radius 3 is 2.84 bits per heavy atom. The summed E-state index contributed by atoms with van der Waals surface area (Å²) in [6.45, 7) is 4.24. The van der Waals surface area contributed by atoms with E-state index < -0.39 is 11.6 Å². The van der Waals surface area contributed by atoms with Gasteiger partial charge in [0, 0.05) is 48.2 Å². The molecule has 2 heterocycles. The third-order valence-corrected chi connectivity index (χ3v) is 5.88. The number of likely N-dealkylation sites (tertiary alicyclic amines) is 1. The first-order chi connectivity index (χ1) is 15.4. The summed E-state index contributed by atoms with van der Waals surface area (Å²) in [5.74, 6) is -0.591. The molecule has 32 heavy (non-hydrogen) atoms. The van der Waals surface area contributed by atoms with Gasteiger partial charge in [0.1, 0.15) is 23.2 Å². The van der Waals surface area contributed by atoms with Gasteiger partial charge in [-0.3, -0.25) is 9.88 Å². The second kappa shape index (κ2) is 9.71. The highest BCUT2D eigenvalue weighted by Gasteiger charge is 2.25. The van der Waals surface area contributed by atoms with Crippen LogP contribution in [-0.4, -0.2) is 42.7 Å². The van der Waals surface area contributed by atoms with Gasteiger partial charge in [-0.25, -0.2) is 13.2 Å². The van der Waals surface area contributed by atoms with E-state index in [4.69, 9.17) is 4.74 Å². The molecule has 1 fully saturated rings. The van der Waals surface area contributed by atoms with Gasteiger partial charge in [-0.1, -0.05) is 12.2 Å². The molecule has 3 aromatic rings. The van der Waals surface area contributed by atoms with Crippen LogP contribution in [0.15, 0.2) is 48.7 Å². The van der Waals surface area contributed by atoms with Crippen LogP contribution in [0, 0.1) is 17.5 Å². The molecular weight excluding hydrogens is 415 g/mol. The Labute approximate surface area is 185 Å². The maximum Gasteiger partial charge on any atom is 0.146 e. The van der Waals surface area contributed by atoms with Crippen molar-refractivity contribution in [1.82, 2.24) is 15.2 Å². The average Bonchev–Trinajstić information content (AvgIpc) is 3.22. The first-order valence-corrected chi connectivity index (χ1v) is 10.7. The van der Waals surface area contributed by atoms with Crippen molar-refractivity contribution in [3.05, 3.63) is 77.2 Å². The smallest absolute Gasteiger partial charge is 0.146 e. The van der Waals surface area contributed by atoms with Crippen LogP contribution in [0.1, 0.15) is 30.5 Å². The monoisotopic (exact) mass is 441 g/mol. The quantitative estimate of drug-likeness (QED) is 0.554. The summed E-state index contributed by atoms with van der Waals surface area (Å²) in [6.07, 6.45) is 5.62. The number of hydrogen-bond donors (Lipinski definition) is 1. The molecule has 2 unspecified atom stereocenters. The van der Waals surface area contributed by atoms with Gasteiger partial charge in [0.15, 0.2) is 0 Å². The minimum Gasteiger partial charge on any atom is -0.497 e. The van der Waals surface area contributed by atoms with Crippen LogP contribution in [0.4, 0.5) is 13.2 Å². The van der Waals surface area contributed by atoms with Crippen molar-refractivity contribution >= 4 is 17.0 Å². The molecular formula is C25H26F3N3O. The van der Waals surface area contributed by atoms with Crippen molar-refractivity contribution in [3.8, 4) is 5.75 Å². The van der Waals surface area contributed by atoms with Crippen LogP contribution in [0.25, 0.3) is 17.0 Å². The zero-order chi connectivity index (χ0) is 22.7. The molecule has 7 heteroatoms. The number of pyridine rings is 1. The predicted octanol–water partition coefficient (Wildman–Crippen LogP) is 5.10. The van der Waals surface area contributed by atoms with E-state index in [-0.39, 0.29) is 23.5 Å². The van der Waals surface area contributed by atoms with Crippen LogP contribution in [0.5, 0.6) is 5.75 Å². The molecule has 1 aliphatic rings. The van der Waals surface area contributed by atoms with Crippen LogP contribution < -0.4 is 10.1 Å². The number of fused-ring (bicyclic) bond motifs is 1. The van der Waals surface area contributed by atoms with Crippen LogP contribution in [0.2, 0.25) is 0 Å². The molecule has 0 aliphatic carbocycles. The van der Waals surface area contributed by atoms with Crippen molar-refractivity contribution in [2.75, 3.05) is 26.7 Å². The van der Waals surface area contributed by atoms with Gasteiger partial charge in [0.05, 0.1) is 18.8 Å². The lowest BCUT2D eigenvalue weighted by molar-refractivity contribution is 0.355. The lowest BCUT2D eigenvalue weighted by Crippen LogP contribution is -2.34. The molecule has 2 aromatic carbocycles.